The van der Waals surface area contributed by atoms with Crippen molar-refractivity contribution < 1.29 is 4.79 Å². The molecule has 1 aliphatic heterocycles. The van der Waals surface area contributed by atoms with Crippen LogP contribution in [0.4, 0.5) is 0 Å². The highest BCUT2D eigenvalue weighted by atomic mass is 16.2. The van der Waals surface area contributed by atoms with Crippen molar-refractivity contribution in [2.24, 2.45) is 0 Å². The predicted octanol–water partition coefficient (Wildman–Crippen LogP) is 1.39. The highest BCUT2D eigenvalue weighted by Crippen LogP contribution is 2.16. The maximum atomic E-state index is 12.8. The molecule has 0 unspecified atom stereocenters. The molecule has 25 heavy (non-hydrogen) atoms. The molecular weight excluding hydrogens is 318 g/mol. The van der Waals surface area contributed by atoms with Crippen molar-refractivity contribution in [1.82, 2.24) is 24.2 Å². The first kappa shape index (κ1) is 15.3. The lowest BCUT2D eigenvalue weighted by Gasteiger charge is -2.27. The van der Waals surface area contributed by atoms with Gasteiger partial charge in [0.1, 0.15) is 0 Å². The molecule has 0 radical (unpaired) electrons. The van der Waals surface area contributed by atoms with E-state index in [9.17, 15) is 9.59 Å². The molecular formula is C18H17N5O2. The molecule has 0 atom stereocenters. The number of hydrogen-bond acceptors (Lipinski definition) is 4. The number of fused-ring (bicyclic) bond motifs is 1. The van der Waals surface area contributed by atoms with Gasteiger partial charge in [-0.2, -0.15) is 4.68 Å². The van der Waals surface area contributed by atoms with Crippen LogP contribution in [0.1, 0.15) is 21.7 Å². The third-order valence-electron chi connectivity index (χ3n) is 4.43. The third kappa shape index (κ3) is 2.63. The van der Waals surface area contributed by atoms with Gasteiger partial charge in [0, 0.05) is 31.0 Å². The first-order valence-electron chi connectivity index (χ1n) is 8.09. The maximum Gasteiger partial charge on any atom is 0.350 e. The molecule has 7 heteroatoms. The summed E-state index contributed by atoms with van der Waals surface area (Å²) in [6, 6.07) is 11.0. The standard InChI is InChI=1S/C18H17N5O2/c1-13-4-2-3-5-15(13)17(24)21-10-11-22-16(12-21)20-23(18(22)25)14-6-8-19-9-7-14/h2-9H,10-12H2,1H3. The average Bonchev–Trinajstić information content (AvgIpc) is 2.98. The molecule has 1 aliphatic rings. The normalized spacial score (nSPS) is 13.6. The van der Waals surface area contributed by atoms with Gasteiger partial charge in [0.15, 0.2) is 5.82 Å². The van der Waals surface area contributed by atoms with Crippen LogP contribution in [0.2, 0.25) is 0 Å². The van der Waals surface area contributed by atoms with Crippen LogP contribution in [-0.2, 0) is 13.1 Å². The molecule has 4 rings (SSSR count). The van der Waals surface area contributed by atoms with Gasteiger partial charge in [0.2, 0.25) is 0 Å². The zero-order valence-corrected chi connectivity index (χ0v) is 13.8. The van der Waals surface area contributed by atoms with Crippen LogP contribution in [0.15, 0.2) is 53.6 Å². The summed E-state index contributed by atoms with van der Waals surface area (Å²) >= 11 is 0. The van der Waals surface area contributed by atoms with Gasteiger partial charge in [-0.1, -0.05) is 18.2 Å². The molecule has 3 heterocycles. The lowest BCUT2D eigenvalue weighted by molar-refractivity contribution is 0.0705. The van der Waals surface area contributed by atoms with Crippen LogP contribution < -0.4 is 5.69 Å². The second-order valence-electron chi connectivity index (χ2n) is 6.01. The molecule has 0 spiro atoms. The monoisotopic (exact) mass is 335 g/mol. The summed E-state index contributed by atoms with van der Waals surface area (Å²) in [6.07, 6.45) is 3.24. The van der Waals surface area contributed by atoms with E-state index in [1.807, 2.05) is 31.2 Å². The van der Waals surface area contributed by atoms with E-state index in [1.54, 1.807) is 34.0 Å². The smallest absolute Gasteiger partial charge is 0.329 e. The van der Waals surface area contributed by atoms with Gasteiger partial charge >= 0.3 is 5.69 Å². The van der Waals surface area contributed by atoms with Crippen molar-refractivity contribution in [1.29, 1.82) is 0 Å². The number of benzene rings is 1. The third-order valence-corrected chi connectivity index (χ3v) is 4.43. The fraction of sp³-hybridized carbons (Fsp3) is 0.222. The summed E-state index contributed by atoms with van der Waals surface area (Å²) in [7, 11) is 0. The van der Waals surface area contributed by atoms with Gasteiger partial charge in [0.25, 0.3) is 5.91 Å². The Bertz CT molecular complexity index is 990. The number of nitrogens with zero attached hydrogens (tertiary/aromatic N) is 5. The zero-order chi connectivity index (χ0) is 17.4. The summed E-state index contributed by atoms with van der Waals surface area (Å²) in [6.45, 7) is 3.17. The fourth-order valence-corrected chi connectivity index (χ4v) is 3.06. The van der Waals surface area contributed by atoms with Gasteiger partial charge in [-0.05, 0) is 30.7 Å². The minimum atomic E-state index is -0.191. The van der Waals surface area contributed by atoms with E-state index in [0.29, 0.717) is 36.7 Å². The molecule has 1 amide bonds. The Balaban J connectivity index is 1.65. The van der Waals surface area contributed by atoms with Crippen LogP contribution in [0.5, 0.6) is 0 Å². The Hall–Kier alpha value is -3.22. The molecule has 126 valence electrons. The Morgan fingerprint density at radius 1 is 1.08 bits per heavy atom. The molecule has 0 bridgehead atoms. The lowest BCUT2D eigenvalue weighted by atomic mass is 10.1. The molecule has 0 aliphatic carbocycles. The molecule has 0 N–H and O–H groups in total. The zero-order valence-electron chi connectivity index (χ0n) is 13.8. The maximum absolute atomic E-state index is 12.8. The highest BCUT2D eigenvalue weighted by molar-refractivity contribution is 5.95. The van der Waals surface area contributed by atoms with Gasteiger partial charge in [-0.25, -0.2) is 4.79 Å². The number of rotatable bonds is 2. The lowest BCUT2D eigenvalue weighted by Crippen LogP contribution is -2.41. The van der Waals surface area contributed by atoms with E-state index in [-0.39, 0.29) is 11.6 Å². The second-order valence-corrected chi connectivity index (χ2v) is 6.01. The molecule has 1 aromatic carbocycles. The van der Waals surface area contributed by atoms with E-state index >= 15 is 0 Å². The quantitative estimate of drug-likeness (QED) is 0.709. The number of pyridine rings is 1. The van der Waals surface area contributed by atoms with Crippen LogP contribution >= 0.6 is 0 Å². The molecule has 2 aromatic heterocycles. The predicted molar refractivity (Wildman–Crippen MR) is 91.5 cm³/mol. The first-order chi connectivity index (χ1) is 12.1. The van der Waals surface area contributed by atoms with Crippen molar-refractivity contribution in [2.45, 2.75) is 20.0 Å². The summed E-state index contributed by atoms with van der Waals surface area (Å²) < 4.78 is 2.99. The second kappa shape index (κ2) is 6.01. The van der Waals surface area contributed by atoms with Crippen molar-refractivity contribution in [3.63, 3.8) is 0 Å². The van der Waals surface area contributed by atoms with E-state index < -0.39 is 0 Å². The molecule has 7 nitrogen and oxygen atoms in total. The van der Waals surface area contributed by atoms with Gasteiger partial charge in [-0.3, -0.25) is 14.3 Å². The Kier molecular flexibility index (Phi) is 3.68. The molecule has 0 saturated carbocycles. The van der Waals surface area contributed by atoms with Crippen LogP contribution in [-0.4, -0.2) is 36.7 Å². The molecule has 0 fully saturated rings. The van der Waals surface area contributed by atoms with Crippen molar-refractivity contribution in [3.8, 4) is 5.69 Å². The number of amides is 1. The average molecular weight is 335 g/mol. The van der Waals surface area contributed by atoms with Crippen LogP contribution in [0.3, 0.4) is 0 Å². The number of hydrogen-bond donors (Lipinski definition) is 0. The van der Waals surface area contributed by atoms with Crippen LogP contribution in [0.25, 0.3) is 5.69 Å². The van der Waals surface area contributed by atoms with E-state index in [2.05, 4.69) is 10.1 Å². The fourth-order valence-electron chi connectivity index (χ4n) is 3.06. The van der Waals surface area contributed by atoms with Gasteiger partial charge in [-0.15, -0.1) is 5.10 Å². The number of aromatic nitrogens is 4. The summed E-state index contributed by atoms with van der Waals surface area (Å²) in [4.78, 5) is 31.0. The minimum Gasteiger partial charge on any atom is -0.329 e. The molecule has 3 aromatic rings. The van der Waals surface area contributed by atoms with Crippen molar-refractivity contribution >= 4 is 5.91 Å². The van der Waals surface area contributed by atoms with Crippen molar-refractivity contribution in [3.05, 3.63) is 76.2 Å². The van der Waals surface area contributed by atoms with E-state index in [4.69, 9.17) is 0 Å². The summed E-state index contributed by atoms with van der Waals surface area (Å²) in [5, 5.41) is 4.41. The van der Waals surface area contributed by atoms with Gasteiger partial charge < -0.3 is 4.90 Å². The Morgan fingerprint density at radius 2 is 1.84 bits per heavy atom. The Morgan fingerprint density at radius 3 is 2.60 bits per heavy atom. The van der Waals surface area contributed by atoms with Crippen LogP contribution in [0, 0.1) is 6.92 Å². The number of aryl methyl sites for hydroxylation is 1. The van der Waals surface area contributed by atoms with Crippen molar-refractivity contribution in [2.75, 3.05) is 6.54 Å². The summed E-state index contributed by atoms with van der Waals surface area (Å²) in [5.74, 6) is 0.560. The van der Waals surface area contributed by atoms with E-state index in [1.165, 1.54) is 4.68 Å². The summed E-state index contributed by atoms with van der Waals surface area (Å²) in [5.41, 5.74) is 2.10. The SMILES string of the molecule is Cc1ccccc1C(=O)N1CCn2c(nn(-c3ccncc3)c2=O)C1. The molecule has 0 saturated heterocycles. The minimum absolute atomic E-state index is 0.0322. The Labute approximate surface area is 144 Å². The number of carbonyl (C=O) groups is 1. The highest BCUT2D eigenvalue weighted by Gasteiger charge is 2.26. The first-order valence-corrected chi connectivity index (χ1v) is 8.09. The number of carbonyl (C=O) groups excluding carboxylic acids is 1. The topological polar surface area (TPSA) is 73.0 Å². The largest absolute Gasteiger partial charge is 0.350 e. The van der Waals surface area contributed by atoms with Gasteiger partial charge in [0.05, 0.1) is 12.2 Å². The van der Waals surface area contributed by atoms with E-state index in [0.717, 1.165) is 5.56 Å².